The average molecular weight is 375 g/mol. The molecule has 1 aliphatic rings. The van der Waals surface area contributed by atoms with Crippen LogP contribution in [0.15, 0.2) is 48.5 Å². The Bertz CT molecular complexity index is 1100. The number of hydrogen-bond acceptors (Lipinski definition) is 3. The lowest BCUT2D eigenvalue weighted by Gasteiger charge is -2.09. The van der Waals surface area contributed by atoms with Gasteiger partial charge in [0.2, 0.25) is 0 Å². The highest BCUT2D eigenvalue weighted by Crippen LogP contribution is 2.24. The fraction of sp³-hybridized carbons (Fsp3) is 0.227. The van der Waals surface area contributed by atoms with Gasteiger partial charge in [-0.2, -0.15) is 0 Å². The van der Waals surface area contributed by atoms with Gasteiger partial charge in [0.05, 0.1) is 0 Å². The molecular weight excluding hydrogens is 354 g/mol. The first-order valence-corrected chi connectivity index (χ1v) is 9.33. The monoisotopic (exact) mass is 375 g/mol. The maximum absolute atomic E-state index is 12.9. The number of hydrogen-bond donors (Lipinski definition) is 2. The molecule has 28 heavy (non-hydrogen) atoms. The lowest BCUT2D eigenvalue weighted by atomic mass is 9.98. The van der Waals surface area contributed by atoms with Crippen LogP contribution in [0.5, 0.6) is 0 Å². The lowest BCUT2D eigenvalue weighted by Crippen LogP contribution is -2.22. The fourth-order valence-corrected chi connectivity index (χ4v) is 3.69. The molecule has 1 aliphatic heterocycles. The number of nitrogens with one attached hydrogen (secondary N) is 2. The Kier molecular flexibility index (Phi) is 4.69. The van der Waals surface area contributed by atoms with E-state index in [0.29, 0.717) is 28.9 Å². The molecule has 0 unspecified atom stereocenters. The molecule has 6 heteroatoms. The van der Waals surface area contributed by atoms with E-state index in [9.17, 15) is 14.4 Å². The molecule has 0 bridgehead atoms. The number of carbonyl (C=O) groups is 3. The number of rotatable bonds is 4. The minimum Gasteiger partial charge on any atom is -0.355 e. The van der Waals surface area contributed by atoms with Crippen molar-refractivity contribution >= 4 is 28.5 Å². The number of ketones is 1. The molecule has 6 nitrogen and oxygen atoms in total. The van der Waals surface area contributed by atoms with Crippen LogP contribution in [0, 0.1) is 0 Å². The van der Waals surface area contributed by atoms with Crippen molar-refractivity contribution in [1.29, 1.82) is 0 Å². The molecule has 2 amide bonds. The first kappa shape index (κ1) is 18.0. The van der Waals surface area contributed by atoms with Gasteiger partial charge in [-0.3, -0.25) is 14.4 Å². The molecule has 0 fully saturated rings. The fourth-order valence-electron chi connectivity index (χ4n) is 3.69. The van der Waals surface area contributed by atoms with Crippen molar-refractivity contribution in [2.75, 3.05) is 13.6 Å². The molecule has 0 aliphatic carbocycles. The number of amides is 2. The summed E-state index contributed by atoms with van der Waals surface area (Å²) in [6.45, 7) is 1.38. The molecule has 0 atom stereocenters. The molecule has 1 aromatic heterocycles. The van der Waals surface area contributed by atoms with Crippen LogP contribution in [0.2, 0.25) is 0 Å². The number of fused-ring (bicyclic) bond motifs is 3. The van der Waals surface area contributed by atoms with Crippen LogP contribution in [0.25, 0.3) is 10.9 Å². The minimum atomic E-state index is -0.207. The Labute approximate surface area is 162 Å². The number of aryl methyl sites for hydroxylation is 1. The highest BCUT2D eigenvalue weighted by molar-refractivity contribution is 6.04. The first-order chi connectivity index (χ1) is 13.6. The molecule has 0 spiro atoms. The van der Waals surface area contributed by atoms with Crippen molar-refractivity contribution < 1.29 is 14.4 Å². The summed E-state index contributed by atoms with van der Waals surface area (Å²) in [4.78, 5) is 37.2. The number of aromatic nitrogens is 1. The van der Waals surface area contributed by atoms with E-state index in [1.807, 2.05) is 28.8 Å². The number of nitrogens with zero attached hydrogens (tertiary/aromatic N) is 1. The Morgan fingerprint density at radius 3 is 2.79 bits per heavy atom. The Morgan fingerprint density at radius 2 is 1.96 bits per heavy atom. The molecular formula is C22H21N3O3. The predicted octanol–water partition coefficient (Wildman–Crippen LogP) is 2.56. The lowest BCUT2D eigenvalue weighted by molar-refractivity contribution is 0.0945. The van der Waals surface area contributed by atoms with E-state index in [0.717, 1.165) is 23.9 Å². The molecule has 0 saturated carbocycles. The van der Waals surface area contributed by atoms with Gasteiger partial charge in [0, 0.05) is 48.6 Å². The Morgan fingerprint density at radius 1 is 1.14 bits per heavy atom. The summed E-state index contributed by atoms with van der Waals surface area (Å²) in [6.07, 6.45) is 0.989. The summed E-state index contributed by atoms with van der Waals surface area (Å²) in [6, 6.07) is 14.5. The molecule has 4 rings (SSSR count). The smallest absolute Gasteiger partial charge is 0.267 e. The van der Waals surface area contributed by atoms with Crippen molar-refractivity contribution in [3.05, 3.63) is 70.9 Å². The van der Waals surface area contributed by atoms with Gasteiger partial charge in [0.15, 0.2) is 5.78 Å². The molecule has 2 N–H and O–H groups in total. The number of Topliss-reactive ketones (excluding diaryl/α,β-unsaturated/α-hetero) is 1. The van der Waals surface area contributed by atoms with Crippen molar-refractivity contribution in [2.45, 2.75) is 19.4 Å². The van der Waals surface area contributed by atoms with Crippen LogP contribution < -0.4 is 10.6 Å². The van der Waals surface area contributed by atoms with Gasteiger partial charge in [0.1, 0.15) is 5.69 Å². The molecule has 2 heterocycles. The van der Waals surface area contributed by atoms with E-state index in [2.05, 4.69) is 10.6 Å². The van der Waals surface area contributed by atoms with Crippen molar-refractivity contribution in [3.8, 4) is 0 Å². The van der Waals surface area contributed by atoms with Gasteiger partial charge in [-0.15, -0.1) is 0 Å². The van der Waals surface area contributed by atoms with Gasteiger partial charge < -0.3 is 15.2 Å². The standard InChI is InChI=1S/C22H21N3O3/c1-23-21(27)17-6-3-2-5-14(17)13-20(26)16-8-7-15-11-19-22(28)24-9-4-10-25(19)18(15)12-16/h2-3,5-8,11-12H,4,9-10,13H2,1H3,(H,23,27)(H,24,28). The average Bonchev–Trinajstić information content (AvgIpc) is 2.98. The van der Waals surface area contributed by atoms with Crippen molar-refractivity contribution in [1.82, 2.24) is 15.2 Å². The van der Waals surface area contributed by atoms with Crippen LogP contribution in [-0.4, -0.2) is 35.8 Å². The van der Waals surface area contributed by atoms with Crippen LogP contribution in [-0.2, 0) is 13.0 Å². The summed E-state index contributed by atoms with van der Waals surface area (Å²) in [5.74, 6) is -0.352. The Balaban J connectivity index is 1.68. The maximum Gasteiger partial charge on any atom is 0.267 e. The molecule has 142 valence electrons. The van der Waals surface area contributed by atoms with Crippen molar-refractivity contribution in [2.24, 2.45) is 0 Å². The highest BCUT2D eigenvalue weighted by Gasteiger charge is 2.20. The third-order valence-electron chi connectivity index (χ3n) is 5.14. The molecule has 0 saturated heterocycles. The number of benzene rings is 2. The topological polar surface area (TPSA) is 80.2 Å². The summed E-state index contributed by atoms with van der Waals surface area (Å²) in [7, 11) is 1.57. The maximum atomic E-state index is 12.9. The Hall–Kier alpha value is -3.41. The van der Waals surface area contributed by atoms with Crippen molar-refractivity contribution in [3.63, 3.8) is 0 Å². The summed E-state index contributed by atoms with van der Waals surface area (Å²) in [5, 5.41) is 6.44. The second-order valence-electron chi connectivity index (χ2n) is 6.90. The van der Waals surface area contributed by atoms with E-state index in [1.54, 1.807) is 31.3 Å². The normalized spacial score (nSPS) is 13.5. The largest absolute Gasteiger partial charge is 0.355 e. The second-order valence-corrected chi connectivity index (χ2v) is 6.90. The molecule has 2 aromatic carbocycles. The second kappa shape index (κ2) is 7.31. The van der Waals surface area contributed by atoms with E-state index < -0.39 is 0 Å². The first-order valence-electron chi connectivity index (χ1n) is 9.33. The van der Waals surface area contributed by atoms with E-state index in [4.69, 9.17) is 0 Å². The van der Waals surface area contributed by atoms with Crippen LogP contribution in [0.4, 0.5) is 0 Å². The summed E-state index contributed by atoms with van der Waals surface area (Å²) >= 11 is 0. The van der Waals surface area contributed by atoms with Gasteiger partial charge in [-0.25, -0.2) is 0 Å². The quantitative estimate of drug-likeness (QED) is 0.688. The summed E-state index contributed by atoms with van der Waals surface area (Å²) < 4.78 is 1.98. The van der Waals surface area contributed by atoms with E-state index in [1.165, 1.54) is 0 Å². The summed E-state index contributed by atoms with van der Waals surface area (Å²) in [5.41, 5.74) is 3.29. The zero-order valence-corrected chi connectivity index (χ0v) is 15.6. The third kappa shape index (κ3) is 3.17. The predicted molar refractivity (Wildman–Crippen MR) is 107 cm³/mol. The van der Waals surface area contributed by atoms with Gasteiger partial charge in [0.25, 0.3) is 11.8 Å². The van der Waals surface area contributed by atoms with Gasteiger partial charge >= 0.3 is 0 Å². The van der Waals surface area contributed by atoms with Gasteiger partial charge in [-0.05, 0) is 30.2 Å². The van der Waals surface area contributed by atoms with Crippen LogP contribution >= 0.6 is 0 Å². The number of carbonyl (C=O) groups excluding carboxylic acids is 3. The zero-order valence-electron chi connectivity index (χ0n) is 15.6. The minimum absolute atomic E-state index is 0.0631. The van der Waals surface area contributed by atoms with Gasteiger partial charge in [-0.1, -0.05) is 30.3 Å². The van der Waals surface area contributed by atoms with Crippen LogP contribution in [0.1, 0.15) is 43.2 Å². The third-order valence-corrected chi connectivity index (χ3v) is 5.14. The zero-order chi connectivity index (χ0) is 19.7. The SMILES string of the molecule is CNC(=O)c1ccccc1CC(=O)c1ccc2cc3n(c2c1)CCCNC3=O. The van der Waals surface area contributed by atoms with E-state index in [-0.39, 0.29) is 24.0 Å². The molecule has 0 radical (unpaired) electrons. The van der Waals surface area contributed by atoms with E-state index >= 15 is 0 Å². The molecule has 3 aromatic rings. The van der Waals surface area contributed by atoms with Crippen LogP contribution in [0.3, 0.4) is 0 Å². The highest BCUT2D eigenvalue weighted by atomic mass is 16.2.